The summed E-state index contributed by atoms with van der Waals surface area (Å²) in [6.45, 7) is 3.81. The van der Waals surface area contributed by atoms with E-state index in [-0.39, 0.29) is 35.4 Å². The maximum absolute atomic E-state index is 14.7. The van der Waals surface area contributed by atoms with Gasteiger partial charge in [0.15, 0.2) is 34.9 Å². The third-order valence-electron chi connectivity index (χ3n) is 4.63. The van der Waals surface area contributed by atoms with Crippen LogP contribution in [0.5, 0.6) is 5.75 Å². The van der Waals surface area contributed by atoms with Gasteiger partial charge in [0.05, 0.1) is 18.8 Å². The molecule has 9 heteroatoms. The number of hydrogen-bond donors (Lipinski definition) is 0. The van der Waals surface area contributed by atoms with Crippen molar-refractivity contribution in [1.82, 2.24) is 19.9 Å². The molecule has 1 aliphatic heterocycles. The molecule has 0 bridgehead atoms. The average molecular weight is 397 g/mol. The zero-order valence-corrected chi connectivity index (χ0v) is 15.8. The maximum atomic E-state index is 14.7. The topological polar surface area (TPSA) is 81.1 Å². The highest BCUT2D eigenvalue weighted by Gasteiger charge is 2.40. The van der Waals surface area contributed by atoms with E-state index in [1.54, 1.807) is 13.0 Å². The lowest BCUT2D eigenvalue weighted by molar-refractivity contribution is 0.0988. The molecule has 0 spiro atoms. The van der Waals surface area contributed by atoms with Crippen LogP contribution in [0, 0.1) is 11.6 Å². The van der Waals surface area contributed by atoms with Crippen LogP contribution in [0.1, 0.15) is 42.2 Å². The molecule has 0 aliphatic carbocycles. The lowest BCUT2D eigenvalue weighted by atomic mass is 10.0. The quantitative estimate of drug-likeness (QED) is 0.653. The molecule has 29 heavy (non-hydrogen) atoms. The van der Waals surface area contributed by atoms with Gasteiger partial charge in [-0.3, -0.25) is 9.69 Å². The first-order valence-electron chi connectivity index (χ1n) is 9.14. The molecule has 0 saturated carbocycles. The Morgan fingerprint density at radius 3 is 2.52 bits per heavy atom. The lowest BCUT2D eigenvalue weighted by Gasteiger charge is -2.23. The highest BCUT2D eigenvalue weighted by molar-refractivity contribution is 6.11. The van der Waals surface area contributed by atoms with E-state index < -0.39 is 23.6 Å². The van der Waals surface area contributed by atoms with Crippen LogP contribution in [-0.4, -0.2) is 32.4 Å². The Balaban J connectivity index is 1.82. The van der Waals surface area contributed by atoms with Gasteiger partial charge in [-0.25, -0.2) is 28.7 Å². The molecule has 1 amide bonds. The normalized spacial score (nSPS) is 15.5. The van der Waals surface area contributed by atoms with Gasteiger partial charge >= 0.3 is 0 Å². The molecule has 7 nitrogen and oxygen atoms in total. The Bertz CT molecular complexity index is 1080. The van der Waals surface area contributed by atoms with Crippen LogP contribution < -0.4 is 9.64 Å². The van der Waals surface area contributed by atoms with E-state index in [2.05, 4.69) is 19.9 Å². The Morgan fingerprint density at radius 2 is 1.83 bits per heavy atom. The summed E-state index contributed by atoms with van der Waals surface area (Å²) in [5, 5.41) is 0. The number of carbonyl (C=O) groups is 1. The number of amides is 1. The number of halogens is 2. The molecule has 3 heterocycles. The zero-order chi connectivity index (χ0) is 20.5. The van der Waals surface area contributed by atoms with Crippen LogP contribution in [0.4, 0.5) is 14.6 Å². The largest absolute Gasteiger partial charge is 0.491 e. The van der Waals surface area contributed by atoms with Crippen molar-refractivity contribution in [2.75, 3.05) is 11.5 Å². The van der Waals surface area contributed by atoms with E-state index in [0.29, 0.717) is 12.0 Å². The number of anilines is 1. The van der Waals surface area contributed by atoms with Gasteiger partial charge in [0, 0.05) is 18.0 Å². The Morgan fingerprint density at radius 1 is 1.07 bits per heavy atom. The molecule has 0 N–H and O–H groups in total. The highest BCUT2D eigenvalue weighted by Crippen LogP contribution is 2.41. The number of carbonyl (C=O) groups excluding carboxylic acids is 1. The molecule has 0 radical (unpaired) electrons. The summed E-state index contributed by atoms with van der Waals surface area (Å²) in [7, 11) is 0. The maximum Gasteiger partial charge on any atom is 0.260 e. The first-order chi connectivity index (χ1) is 14.0. The van der Waals surface area contributed by atoms with Gasteiger partial charge in [-0.05, 0) is 37.1 Å². The zero-order valence-electron chi connectivity index (χ0n) is 15.8. The number of nitrogens with zero attached hydrogens (tertiary/aromatic N) is 5. The first kappa shape index (κ1) is 18.9. The van der Waals surface area contributed by atoms with Crippen molar-refractivity contribution in [2.45, 2.75) is 26.3 Å². The van der Waals surface area contributed by atoms with Crippen molar-refractivity contribution in [3.05, 3.63) is 59.6 Å². The standard InChI is InChI=1S/C20H17F2N5O2/c1-3-15-11-8-13(21)16(29-4-2)9-12(11)20(28)27(15)19-14(22)10-25-18(26-19)17-23-6-5-7-24-17/h5-10,15H,3-4H2,1-2H3. The fraction of sp³-hybridized carbons (Fsp3) is 0.250. The molecule has 1 atom stereocenters. The Hall–Kier alpha value is -3.49. The second kappa shape index (κ2) is 7.50. The smallest absolute Gasteiger partial charge is 0.260 e. The predicted molar refractivity (Wildman–Crippen MR) is 100 cm³/mol. The number of ether oxygens (including phenoxy) is 1. The minimum Gasteiger partial charge on any atom is -0.491 e. The van der Waals surface area contributed by atoms with Gasteiger partial charge in [-0.15, -0.1) is 0 Å². The van der Waals surface area contributed by atoms with Crippen LogP contribution in [0.15, 0.2) is 36.8 Å². The van der Waals surface area contributed by atoms with Gasteiger partial charge in [0.1, 0.15) is 0 Å². The number of aromatic nitrogens is 4. The van der Waals surface area contributed by atoms with Crippen molar-refractivity contribution < 1.29 is 18.3 Å². The third-order valence-corrected chi connectivity index (χ3v) is 4.63. The fourth-order valence-corrected chi connectivity index (χ4v) is 3.40. The second-order valence-corrected chi connectivity index (χ2v) is 6.34. The van der Waals surface area contributed by atoms with E-state index >= 15 is 0 Å². The van der Waals surface area contributed by atoms with Crippen LogP contribution >= 0.6 is 0 Å². The Kier molecular flexibility index (Phi) is 4.87. The van der Waals surface area contributed by atoms with Gasteiger partial charge in [-0.1, -0.05) is 6.92 Å². The number of benzene rings is 1. The molecule has 0 fully saturated rings. The van der Waals surface area contributed by atoms with Gasteiger partial charge in [-0.2, -0.15) is 0 Å². The van der Waals surface area contributed by atoms with Gasteiger partial charge < -0.3 is 4.74 Å². The van der Waals surface area contributed by atoms with E-state index in [1.165, 1.54) is 29.4 Å². The molecule has 0 saturated heterocycles. The minimum absolute atomic E-state index is 0.0159. The van der Waals surface area contributed by atoms with Crippen LogP contribution in [-0.2, 0) is 0 Å². The second-order valence-electron chi connectivity index (χ2n) is 6.34. The molecule has 2 aromatic heterocycles. The van der Waals surface area contributed by atoms with Crippen LogP contribution in [0.2, 0.25) is 0 Å². The summed E-state index contributed by atoms with van der Waals surface area (Å²) < 4.78 is 34.3. The summed E-state index contributed by atoms with van der Waals surface area (Å²) in [6.07, 6.45) is 4.44. The molecule has 4 rings (SSSR count). The molecular weight excluding hydrogens is 380 g/mol. The number of rotatable bonds is 5. The summed E-state index contributed by atoms with van der Waals surface area (Å²) >= 11 is 0. The van der Waals surface area contributed by atoms with Crippen molar-refractivity contribution >= 4 is 11.7 Å². The monoisotopic (exact) mass is 397 g/mol. The first-order valence-corrected chi connectivity index (χ1v) is 9.14. The van der Waals surface area contributed by atoms with E-state index in [4.69, 9.17) is 4.74 Å². The Labute approximate surface area is 165 Å². The van der Waals surface area contributed by atoms with Crippen LogP contribution in [0.25, 0.3) is 11.6 Å². The highest BCUT2D eigenvalue weighted by atomic mass is 19.1. The molecule has 1 aromatic carbocycles. The predicted octanol–water partition coefficient (Wildman–Crippen LogP) is 3.72. The number of hydrogen-bond acceptors (Lipinski definition) is 6. The SMILES string of the molecule is CCOc1cc2c(cc1F)C(CC)N(c1nc(-c3ncccn3)ncc1F)C2=O. The summed E-state index contributed by atoms with van der Waals surface area (Å²) in [6, 6.07) is 3.69. The summed E-state index contributed by atoms with van der Waals surface area (Å²) in [5.74, 6) is -1.75. The van der Waals surface area contributed by atoms with E-state index in [9.17, 15) is 13.6 Å². The molecule has 1 aliphatic rings. The van der Waals surface area contributed by atoms with Gasteiger partial charge in [0.2, 0.25) is 0 Å². The van der Waals surface area contributed by atoms with E-state index in [1.807, 2.05) is 6.92 Å². The van der Waals surface area contributed by atoms with Crippen molar-refractivity contribution in [3.8, 4) is 17.4 Å². The average Bonchev–Trinajstić information content (AvgIpc) is 3.00. The van der Waals surface area contributed by atoms with Crippen molar-refractivity contribution in [2.24, 2.45) is 0 Å². The minimum atomic E-state index is -0.769. The molecule has 3 aromatic rings. The summed E-state index contributed by atoms with van der Waals surface area (Å²) in [5.41, 5.74) is 0.728. The lowest BCUT2D eigenvalue weighted by Crippen LogP contribution is -2.29. The third kappa shape index (κ3) is 3.18. The molecule has 1 unspecified atom stereocenters. The van der Waals surface area contributed by atoms with Crippen molar-refractivity contribution in [1.29, 1.82) is 0 Å². The van der Waals surface area contributed by atoms with E-state index in [0.717, 1.165) is 6.20 Å². The molecular formula is C20H17F2N5O2. The fourth-order valence-electron chi connectivity index (χ4n) is 3.40. The summed E-state index contributed by atoms with van der Waals surface area (Å²) in [4.78, 5) is 30.6. The van der Waals surface area contributed by atoms with Crippen LogP contribution in [0.3, 0.4) is 0 Å². The van der Waals surface area contributed by atoms with Gasteiger partial charge in [0.25, 0.3) is 5.91 Å². The molecule has 148 valence electrons. The van der Waals surface area contributed by atoms with Crippen molar-refractivity contribution in [3.63, 3.8) is 0 Å². The number of fused-ring (bicyclic) bond motifs is 1.